The van der Waals surface area contributed by atoms with Crippen molar-refractivity contribution in [3.63, 3.8) is 0 Å². The summed E-state index contributed by atoms with van der Waals surface area (Å²) in [5.74, 6) is 0.375. The van der Waals surface area contributed by atoms with Crippen molar-refractivity contribution in [3.05, 3.63) is 63.6 Å². The summed E-state index contributed by atoms with van der Waals surface area (Å²) in [6.45, 7) is 1.79. The van der Waals surface area contributed by atoms with E-state index in [9.17, 15) is 19.5 Å². The molecule has 8 nitrogen and oxygen atoms in total. The Balaban J connectivity index is 1.46. The van der Waals surface area contributed by atoms with Crippen molar-refractivity contribution in [2.24, 2.45) is 7.05 Å². The van der Waals surface area contributed by atoms with Gasteiger partial charge in [0.2, 0.25) is 5.91 Å². The molecule has 0 aliphatic carbocycles. The van der Waals surface area contributed by atoms with E-state index >= 15 is 0 Å². The number of carbonyl (C=O) groups excluding carboxylic acids is 2. The third kappa shape index (κ3) is 4.49. The molecular formula is C23H27N3O5. The number of para-hydroxylation sites is 1. The van der Waals surface area contributed by atoms with Crippen molar-refractivity contribution in [1.82, 2.24) is 14.4 Å². The molecule has 4 rings (SSSR count). The second-order valence-electron chi connectivity index (χ2n) is 8.09. The number of hydrogen-bond acceptors (Lipinski definition) is 5. The van der Waals surface area contributed by atoms with Gasteiger partial charge in [-0.15, -0.1) is 0 Å². The van der Waals surface area contributed by atoms with Crippen LogP contribution in [0.1, 0.15) is 34.3 Å². The number of aliphatic hydroxyl groups is 1. The van der Waals surface area contributed by atoms with E-state index in [2.05, 4.69) is 0 Å². The molecule has 31 heavy (non-hydrogen) atoms. The molecule has 1 fully saturated rings. The Morgan fingerprint density at radius 2 is 1.94 bits per heavy atom. The van der Waals surface area contributed by atoms with Gasteiger partial charge >= 0.3 is 0 Å². The van der Waals surface area contributed by atoms with E-state index in [0.29, 0.717) is 39.1 Å². The quantitative estimate of drug-likeness (QED) is 0.770. The van der Waals surface area contributed by atoms with Crippen molar-refractivity contribution >= 4 is 11.8 Å². The van der Waals surface area contributed by atoms with E-state index in [0.717, 1.165) is 16.9 Å². The molecule has 0 spiro atoms. The summed E-state index contributed by atoms with van der Waals surface area (Å²) in [4.78, 5) is 41.8. The second-order valence-corrected chi connectivity index (χ2v) is 8.09. The summed E-state index contributed by atoms with van der Waals surface area (Å²) in [5.41, 5.74) is 1.38. The van der Waals surface area contributed by atoms with Crippen molar-refractivity contribution in [3.8, 4) is 5.75 Å². The molecule has 1 N–H and O–H groups in total. The predicted octanol–water partition coefficient (Wildman–Crippen LogP) is 0.946. The van der Waals surface area contributed by atoms with E-state index in [-0.39, 0.29) is 35.9 Å². The average Bonchev–Trinajstić information content (AvgIpc) is 3.21. The SMILES string of the molecule is Cn1cc2c(c(C(=O)N3CC[C@H](O)C3)c1=O)CCN(C(=O)CCOc1ccccc1)C2. The molecular weight excluding hydrogens is 398 g/mol. The number of pyridine rings is 1. The molecule has 1 aromatic carbocycles. The smallest absolute Gasteiger partial charge is 0.263 e. The molecule has 2 aliphatic rings. The summed E-state index contributed by atoms with van der Waals surface area (Å²) in [6.07, 6.45) is 2.40. The van der Waals surface area contributed by atoms with Gasteiger partial charge in [-0.25, -0.2) is 0 Å². The van der Waals surface area contributed by atoms with Crippen LogP contribution in [0.25, 0.3) is 0 Å². The van der Waals surface area contributed by atoms with E-state index in [4.69, 9.17) is 4.74 Å². The molecule has 1 saturated heterocycles. The standard InChI is InChI=1S/C23H27N3O5/c1-24-13-16-14-25(20(28)9-12-31-18-5-3-2-4-6-18)11-8-19(16)21(22(24)29)23(30)26-10-7-17(27)15-26/h2-6,13,17,27H,7-12,14-15H2,1H3/t17-/m0/s1. The zero-order valence-electron chi connectivity index (χ0n) is 17.6. The number of amides is 2. The lowest BCUT2D eigenvalue weighted by atomic mass is 9.95. The molecule has 1 atom stereocenters. The molecule has 0 unspecified atom stereocenters. The first kappa shape index (κ1) is 21.1. The van der Waals surface area contributed by atoms with Crippen molar-refractivity contribution in [1.29, 1.82) is 0 Å². The molecule has 164 valence electrons. The van der Waals surface area contributed by atoms with Gasteiger partial charge in [-0.1, -0.05) is 18.2 Å². The fourth-order valence-electron chi connectivity index (χ4n) is 4.24. The van der Waals surface area contributed by atoms with Crippen molar-refractivity contribution in [2.75, 3.05) is 26.2 Å². The second kappa shape index (κ2) is 8.93. The van der Waals surface area contributed by atoms with Crippen LogP contribution in [-0.2, 0) is 24.8 Å². The molecule has 2 aromatic rings. The van der Waals surface area contributed by atoms with Crippen LogP contribution in [0.3, 0.4) is 0 Å². The molecule has 1 aromatic heterocycles. The highest BCUT2D eigenvalue weighted by atomic mass is 16.5. The zero-order valence-corrected chi connectivity index (χ0v) is 17.6. The summed E-state index contributed by atoms with van der Waals surface area (Å²) in [6, 6.07) is 9.36. The lowest BCUT2D eigenvalue weighted by molar-refractivity contribution is -0.132. The lowest BCUT2D eigenvalue weighted by Crippen LogP contribution is -2.42. The van der Waals surface area contributed by atoms with E-state index in [1.165, 1.54) is 4.57 Å². The number of aromatic nitrogens is 1. The van der Waals surface area contributed by atoms with Crippen molar-refractivity contribution < 1.29 is 19.4 Å². The fourth-order valence-corrected chi connectivity index (χ4v) is 4.24. The molecule has 2 aliphatic heterocycles. The predicted molar refractivity (Wildman–Crippen MR) is 114 cm³/mol. The Labute approximate surface area is 180 Å². The highest BCUT2D eigenvalue weighted by Gasteiger charge is 2.32. The number of rotatable bonds is 5. The number of carbonyl (C=O) groups is 2. The highest BCUT2D eigenvalue weighted by molar-refractivity contribution is 5.96. The fraction of sp³-hybridized carbons (Fsp3) is 0.435. The van der Waals surface area contributed by atoms with Crippen LogP contribution < -0.4 is 10.3 Å². The Bertz CT molecular complexity index is 1030. The van der Waals surface area contributed by atoms with Gasteiger partial charge in [0.15, 0.2) is 0 Å². The van der Waals surface area contributed by atoms with Gasteiger partial charge < -0.3 is 24.2 Å². The maximum Gasteiger partial charge on any atom is 0.263 e. The Morgan fingerprint density at radius 1 is 1.16 bits per heavy atom. The van der Waals surface area contributed by atoms with Crippen LogP contribution in [0.5, 0.6) is 5.75 Å². The lowest BCUT2D eigenvalue weighted by Gasteiger charge is -2.31. The number of benzene rings is 1. The number of ether oxygens (including phenoxy) is 1. The summed E-state index contributed by atoms with van der Waals surface area (Å²) < 4.78 is 7.03. The van der Waals surface area contributed by atoms with E-state index in [1.807, 2.05) is 30.3 Å². The number of nitrogens with zero attached hydrogens (tertiary/aromatic N) is 3. The van der Waals surface area contributed by atoms with Gasteiger partial charge in [-0.05, 0) is 36.1 Å². The number of fused-ring (bicyclic) bond motifs is 1. The minimum Gasteiger partial charge on any atom is -0.493 e. The van der Waals surface area contributed by atoms with Crippen LogP contribution in [0.4, 0.5) is 0 Å². The number of aliphatic hydroxyl groups excluding tert-OH is 1. The first-order chi connectivity index (χ1) is 14.9. The third-order valence-electron chi connectivity index (χ3n) is 5.91. The average molecular weight is 425 g/mol. The Kier molecular flexibility index (Phi) is 6.08. The molecule has 0 saturated carbocycles. The summed E-state index contributed by atoms with van der Waals surface area (Å²) >= 11 is 0. The molecule has 3 heterocycles. The van der Waals surface area contributed by atoms with Crippen LogP contribution >= 0.6 is 0 Å². The monoisotopic (exact) mass is 425 g/mol. The minimum absolute atomic E-state index is 0.0222. The van der Waals surface area contributed by atoms with Gasteiger partial charge in [-0.2, -0.15) is 0 Å². The van der Waals surface area contributed by atoms with Crippen molar-refractivity contribution in [2.45, 2.75) is 31.9 Å². The third-order valence-corrected chi connectivity index (χ3v) is 5.91. The summed E-state index contributed by atoms with van der Waals surface area (Å²) in [7, 11) is 1.62. The van der Waals surface area contributed by atoms with Gasteiger partial charge in [0.25, 0.3) is 11.5 Å². The van der Waals surface area contributed by atoms with Crippen LogP contribution in [-0.4, -0.2) is 63.6 Å². The van der Waals surface area contributed by atoms with Crippen LogP contribution in [0.2, 0.25) is 0 Å². The minimum atomic E-state index is -0.543. The van der Waals surface area contributed by atoms with E-state index in [1.54, 1.807) is 23.0 Å². The zero-order chi connectivity index (χ0) is 22.0. The Morgan fingerprint density at radius 3 is 2.65 bits per heavy atom. The first-order valence-corrected chi connectivity index (χ1v) is 10.6. The topological polar surface area (TPSA) is 92.1 Å². The molecule has 0 bridgehead atoms. The van der Waals surface area contributed by atoms with Crippen LogP contribution in [0.15, 0.2) is 41.3 Å². The number of aryl methyl sites for hydroxylation is 1. The molecule has 2 amide bonds. The number of likely N-dealkylation sites (tertiary alicyclic amines) is 1. The summed E-state index contributed by atoms with van der Waals surface area (Å²) in [5, 5.41) is 9.77. The van der Waals surface area contributed by atoms with Gasteiger partial charge in [-0.3, -0.25) is 14.4 Å². The largest absolute Gasteiger partial charge is 0.493 e. The maximum atomic E-state index is 13.0. The van der Waals surface area contributed by atoms with E-state index < -0.39 is 6.10 Å². The Hall–Kier alpha value is -3.13. The first-order valence-electron chi connectivity index (χ1n) is 10.6. The van der Waals surface area contributed by atoms with Crippen LogP contribution in [0, 0.1) is 0 Å². The van der Waals surface area contributed by atoms with Gasteiger partial charge in [0.05, 0.1) is 19.1 Å². The highest BCUT2D eigenvalue weighted by Crippen LogP contribution is 2.23. The number of hydrogen-bond donors (Lipinski definition) is 1. The van der Waals surface area contributed by atoms with Gasteiger partial charge in [0, 0.05) is 39.4 Å². The molecule has 0 radical (unpaired) electrons. The molecule has 8 heteroatoms. The number of β-amino-alcohol motifs (C(OH)–C–C–N with tert-alkyl or cyclic N) is 1. The maximum absolute atomic E-state index is 13.0. The normalized spacial score (nSPS) is 18.1. The van der Waals surface area contributed by atoms with Gasteiger partial charge in [0.1, 0.15) is 11.3 Å².